The fraction of sp³-hybridized carbons (Fsp3) is 0.318. The van der Waals surface area contributed by atoms with Crippen molar-refractivity contribution in [3.63, 3.8) is 0 Å². The van der Waals surface area contributed by atoms with Crippen LogP contribution in [0.3, 0.4) is 0 Å². The first-order chi connectivity index (χ1) is 16.6. The third kappa shape index (κ3) is 6.88. The number of nitrogens with one attached hydrogen (secondary N) is 2. The number of pyridine rings is 1. The fourth-order valence-corrected chi connectivity index (χ4v) is 3.54. The summed E-state index contributed by atoms with van der Waals surface area (Å²) in [6.45, 7) is 1.80. The summed E-state index contributed by atoms with van der Waals surface area (Å²) < 4.78 is 43.0. The molecule has 0 unspecified atom stereocenters. The maximum Gasteiger partial charge on any atom is 0.573 e. The van der Waals surface area contributed by atoms with Crippen LogP contribution < -0.4 is 15.4 Å². The van der Waals surface area contributed by atoms with Crippen molar-refractivity contribution in [2.24, 2.45) is 5.92 Å². The molecule has 1 aromatic carbocycles. The van der Waals surface area contributed by atoms with Crippen molar-refractivity contribution in [3.05, 3.63) is 59.3 Å². The number of benzene rings is 1. The van der Waals surface area contributed by atoms with Crippen LogP contribution >= 0.6 is 25.1 Å². The second kappa shape index (κ2) is 11.2. The molecule has 0 aliphatic heterocycles. The van der Waals surface area contributed by atoms with Crippen LogP contribution in [-0.4, -0.2) is 37.9 Å². The number of amides is 2. The number of rotatable bonds is 8. The number of anilines is 1. The van der Waals surface area contributed by atoms with Gasteiger partial charge in [0.1, 0.15) is 12.1 Å². The van der Waals surface area contributed by atoms with E-state index in [1.807, 2.05) is 0 Å². The van der Waals surface area contributed by atoms with Crippen LogP contribution in [0.5, 0.6) is 5.75 Å². The first kappa shape index (κ1) is 27.3. The molecule has 192 valence electrons. The summed E-state index contributed by atoms with van der Waals surface area (Å²) in [4.78, 5) is 33.3. The van der Waals surface area contributed by atoms with Crippen molar-refractivity contribution in [1.82, 2.24) is 25.1 Å². The highest BCUT2D eigenvalue weighted by Gasteiger charge is 2.32. The van der Waals surface area contributed by atoms with Crippen LogP contribution in [0.25, 0.3) is 5.82 Å². The van der Waals surface area contributed by atoms with E-state index < -0.39 is 24.1 Å². The Morgan fingerprint density at radius 1 is 1.22 bits per heavy atom. The molecule has 0 radical (unpaired) electrons. The van der Waals surface area contributed by atoms with Gasteiger partial charge in [0.05, 0.1) is 17.9 Å². The lowest BCUT2D eigenvalue weighted by molar-refractivity contribution is -0.274. The second-order valence-electron chi connectivity index (χ2n) is 7.86. The maximum atomic E-state index is 12.8. The minimum absolute atomic E-state index is 0. The zero-order valence-corrected chi connectivity index (χ0v) is 20.6. The van der Waals surface area contributed by atoms with Crippen LogP contribution in [0.1, 0.15) is 48.4 Å². The molecule has 1 saturated carbocycles. The summed E-state index contributed by atoms with van der Waals surface area (Å²) in [5, 5.41) is 9.60. The topological polar surface area (TPSA) is 111 Å². The molecule has 2 amide bonds. The summed E-state index contributed by atoms with van der Waals surface area (Å²) in [5.41, 5.74) is 0.431. The van der Waals surface area contributed by atoms with Crippen molar-refractivity contribution in [2.75, 3.05) is 5.32 Å². The van der Waals surface area contributed by atoms with Crippen LogP contribution in [0, 0.1) is 5.92 Å². The zero-order valence-electron chi connectivity index (χ0n) is 18.8. The average molecular weight is 543 g/mol. The predicted molar refractivity (Wildman–Crippen MR) is 130 cm³/mol. The van der Waals surface area contributed by atoms with Gasteiger partial charge in [-0.2, -0.15) is 23.3 Å². The van der Waals surface area contributed by atoms with Crippen LogP contribution in [0.4, 0.5) is 18.9 Å². The van der Waals surface area contributed by atoms with Gasteiger partial charge in [0, 0.05) is 16.5 Å². The molecule has 3 aromatic rings. The summed E-state index contributed by atoms with van der Waals surface area (Å²) in [6.07, 6.45) is 0.0276. The minimum atomic E-state index is -4.93. The van der Waals surface area contributed by atoms with E-state index in [1.165, 1.54) is 23.3 Å². The molecule has 4 rings (SSSR count). The molecule has 0 saturated heterocycles. The van der Waals surface area contributed by atoms with E-state index in [2.05, 4.69) is 30.4 Å². The Morgan fingerprint density at radius 3 is 2.58 bits per heavy atom. The van der Waals surface area contributed by atoms with E-state index >= 15 is 0 Å². The van der Waals surface area contributed by atoms with E-state index in [1.54, 1.807) is 19.1 Å². The average Bonchev–Trinajstić information content (AvgIpc) is 3.54. The number of ether oxygens (including phenoxy) is 1. The van der Waals surface area contributed by atoms with Gasteiger partial charge in [-0.05, 0) is 49.6 Å². The van der Waals surface area contributed by atoms with E-state index in [-0.39, 0.29) is 35.9 Å². The smallest absolute Gasteiger partial charge is 0.406 e. The van der Waals surface area contributed by atoms with Gasteiger partial charge >= 0.3 is 6.36 Å². The number of aromatic nitrogens is 4. The Hall–Kier alpha value is -3.32. The highest BCUT2D eigenvalue weighted by molar-refractivity contribution is 7.59. The Bertz CT molecular complexity index is 1230. The number of hydrogen-bond acceptors (Lipinski definition) is 6. The number of nitrogens with zero attached hydrogens (tertiary/aromatic N) is 4. The largest absolute Gasteiger partial charge is 0.573 e. The first-order valence-corrected chi connectivity index (χ1v) is 11.0. The SMILES string of the molecule is CC[C@H](NC(=O)c1cc(Cl)cc(OC(F)(F)F)c1)c1ncnn1-c1ccc(NC(=O)C2CC2)cn1.S. The van der Waals surface area contributed by atoms with Crippen LogP contribution in [0.15, 0.2) is 42.9 Å². The molecule has 0 bridgehead atoms. The number of carbonyl (C=O) groups excluding carboxylic acids is 2. The number of hydrogen-bond donors (Lipinski definition) is 2. The van der Waals surface area contributed by atoms with Crippen molar-refractivity contribution >= 4 is 42.6 Å². The number of halogens is 4. The molecule has 0 spiro atoms. The van der Waals surface area contributed by atoms with E-state index in [4.69, 9.17) is 11.6 Å². The monoisotopic (exact) mass is 542 g/mol. The summed E-state index contributed by atoms with van der Waals surface area (Å²) in [5.74, 6) is -0.507. The van der Waals surface area contributed by atoms with E-state index in [9.17, 15) is 22.8 Å². The Kier molecular flexibility index (Phi) is 8.46. The van der Waals surface area contributed by atoms with Gasteiger partial charge in [-0.25, -0.2) is 9.97 Å². The molecular formula is C22H22ClF3N6O3S. The van der Waals surface area contributed by atoms with Gasteiger partial charge < -0.3 is 15.4 Å². The van der Waals surface area contributed by atoms with Gasteiger partial charge in [-0.3, -0.25) is 9.59 Å². The molecule has 14 heteroatoms. The summed E-state index contributed by atoms with van der Waals surface area (Å²) >= 11 is 5.87. The second-order valence-corrected chi connectivity index (χ2v) is 8.29. The third-order valence-electron chi connectivity index (χ3n) is 5.15. The molecule has 1 aliphatic rings. The van der Waals surface area contributed by atoms with E-state index in [0.717, 1.165) is 25.0 Å². The van der Waals surface area contributed by atoms with Gasteiger partial charge in [0.2, 0.25) is 5.91 Å². The molecule has 1 atom stereocenters. The third-order valence-corrected chi connectivity index (χ3v) is 5.37. The molecule has 1 aliphatic carbocycles. The molecule has 2 N–H and O–H groups in total. The summed E-state index contributed by atoms with van der Waals surface area (Å²) in [7, 11) is 0. The quantitative estimate of drug-likeness (QED) is 0.432. The maximum absolute atomic E-state index is 12.8. The lowest BCUT2D eigenvalue weighted by Crippen LogP contribution is -2.30. The molecule has 1 fully saturated rings. The predicted octanol–water partition coefficient (Wildman–Crippen LogP) is 4.56. The first-order valence-electron chi connectivity index (χ1n) is 10.7. The molecule has 2 heterocycles. The van der Waals surface area contributed by atoms with Crippen LogP contribution in [0.2, 0.25) is 5.02 Å². The highest BCUT2D eigenvalue weighted by Crippen LogP contribution is 2.30. The zero-order chi connectivity index (χ0) is 25.2. The van der Waals surface area contributed by atoms with Gasteiger partial charge in [0.15, 0.2) is 11.6 Å². The Labute approximate surface area is 215 Å². The van der Waals surface area contributed by atoms with Gasteiger partial charge in [0.25, 0.3) is 5.91 Å². The fourth-order valence-electron chi connectivity index (χ4n) is 3.32. The van der Waals surface area contributed by atoms with Gasteiger partial charge in [-0.15, -0.1) is 13.2 Å². The van der Waals surface area contributed by atoms with Gasteiger partial charge in [-0.1, -0.05) is 18.5 Å². The molecule has 9 nitrogen and oxygen atoms in total. The Morgan fingerprint density at radius 2 is 1.97 bits per heavy atom. The lowest BCUT2D eigenvalue weighted by atomic mass is 10.1. The molecule has 2 aromatic heterocycles. The normalized spacial score (nSPS) is 13.9. The minimum Gasteiger partial charge on any atom is -0.406 e. The van der Waals surface area contributed by atoms with Crippen molar-refractivity contribution < 1.29 is 27.5 Å². The summed E-state index contributed by atoms with van der Waals surface area (Å²) in [6, 6.07) is 5.82. The standard InChI is InChI=1S/C22H20ClF3N6O3.H2S/c1-2-17(31-21(34)13-7-14(23)9-16(8-13)35-22(24,25)26)19-28-11-29-32(19)18-6-5-15(10-27-18)30-20(33)12-3-4-12;/h5-12,17H,2-4H2,1H3,(H,30,33)(H,31,34);1H2/t17-;/m0./s1. The number of carbonyl (C=O) groups is 2. The molecule has 36 heavy (non-hydrogen) atoms. The highest BCUT2D eigenvalue weighted by atomic mass is 35.5. The van der Waals surface area contributed by atoms with Crippen molar-refractivity contribution in [3.8, 4) is 11.6 Å². The van der Waals surface area contributed by atoms with E-state index in [0.29, 0.717) is 23.8 Å². The Balaban J connectivity index is 0.00000361. The van der Waals surface area contributed by atoms with Crippen LogP contribution in [-0.2, 0) is 4.79 Å². The number of alkyl halides is 3. The lowest BCUT2D eigenvalue weighted by Gasteiger charge is -2.18. The molecular weight excluding hydrogens is 521 g/mol. The van der Waals surface area contributed by atoms with Crippen molar-refractivity contribution in [1.29, 1.82) is 0 Å². The van der Waals surface area contributed by atoms with Crippen molar-refractivity contribution in [2.45, 2.75) is 38.6 Å².